The summed E-state index contributed by atoms with van der Waals surface area (Å²) in [6, 6.07) is 2.50. The van der Waals surface area contributed by atoms with Gasteiger partial charge >= 0.3 is 6.18 Å². The molecule has 8 heteroatoms. The van der Waals surface area contributed by atoms with E-state index in [0.29, 0.717) is 36.1 Å². The van der Waals surface area contributed by atoms with Crippen molar-refractivity contribution in [3.05, 3.63) is 62.6 Å². The normalized spacial score (nSPS) is 15.4. The van der Waals surface area contributed by atoms with Gasteiger partial charge in [-0.2, -0.15) is 13.2 Å². The highest BCUT2D eigenvalue weighted by Gasteiger charge is 2.31. The summed E-state index contributed by atoms with van der Waals surface area (Å²) < 4.78 is 51.8. The van der Waals surface area contributed by atoms with Crippen LogP contribution in [0.3, 0.4) is 0 Å². The Labute approximate surface area is 135 Å². The lowest BCUT2D eigenvalue weighted by Gasteiger charge is -2.27. The Morgan fingerprint density at radius 3 is 2.75 bits per heavy atom. The molecule has 1 N–H and O–H groups in total. The number of aromatic amines is 1. The lowest BCUT2D eigenvalue weighted by molar-refractivity contribution is -0.137. The Balaban J connectivity index is 1.83. The Bertz CT molecular complexity index is 829. The smallest absolute Gasteiger partial charge is 0.310 e. The third-order valence-electron chi connectivity index (χ3n) is 3.96. The predicted octanol–water partition coefficient (Wildman–Crippen LogP) is 2.79. The van der Waals surface area contributed by atoms with Crippen molar-refractivity contribution in [2.45, 2.75) is 32.6 Å². The van der Waals surface area contributed by atoms with Gasteiger partial charge in [-0.25, -0.2) is 9.37 Å². The van der Waals surface area contributed by atoms with E-state index in [1.807, 2.05) is 4.90 Å². The molecule has 0 spiro atoms. The van der Waals surface area contributed by atoms with Gasteiger partial charge in [0.1, 0.15) is 11.6 Å². The Morgan fingerprint density at radius 1 is 1.29 bits per heavy atom. The van der Waals surface area contributed by atoms with Gasteiger partial charge in [-0.1, -0.05) is 0 Å². The second-order valence-electron chi connectivity index (χ2n) is 5.88. The van der Waals surface area contributed by atoms with Crippen molar-refractivity contribution in [1.82, 2.24) is 14.9 Å². The van der Waals surface area contributed by atoms with Crippen LogP contribution in [0.25, 0.3) is 0 Å². The minimum absolute atomic E-state index is 0.133. The van der Waals surface area contributed by atoms with Gasteiger partial charge in [-0.15, -0.1) is 0 Å². The fourth-order valence-electron chi connectivity index (χ4n) is 2.90. The second kappa shape index (κ2) is 6.01. The number of alkyl halides is 3. The molecule has 0 saturated heterocycles. The molecule has 0 atom stereocenters. The van der Waals surface area contributed by atoms with Crippen molar-refractivity contribution >= 4 is 0 Å². The van der Waals surface area contributed by atoms with Crippen LogP contribution in [0.5, 0.6) is 0 Å². The molecular formula is C16H15F4N3O. The van der Waals surface area contributed by atoms with E-state index < -0.39 is 17.6 Å². The van der Waals surface area contributed by atoms with E-state index in [0.717, 1.165) is 12.1 Å². The maximum Gasteiger partial charge on any atom is 0.416 e. The van der Waals surface area contributed by atoms with Crippen LogP contribution >= 0.6 is 0 Å². The first-order chi connectivity index (χ1) is 11.2. The fourth-order valence-corrected chi connectivity index (χ4v) is 2.90. The highest BCUT2D eigenvalue weighted by molar-refractivity contribution is 5.27. The molecule has 0 amide bonds. The summed E-state index contributed by atoms with van der Waals surface area (Å²) in [7, 11) is 0. The molecule has 0 unspecified atom stereocenters. The van der Waals surface area contributed by atoms with Crippen LogP contribution in [-0.4, -0.2) is 21.4 Å². The monoisotopic (exact) mass is 341 g/mol. The molecule has 4 nitrogen and oxygen atoms in total. The zero-order valence-corrected chi connectivity index (χ0v) is 12.9. The van der Waals surface area contributed by atoms with E-state index in [9.17, 15) is 22.4 Å². The van der Waals surface area contributed by atoms with Crippen LogP contribution in [0, 0.1) is 12.7 Å². The van der Waals surface area contributed by atoms with Crippen molar-refractivity contribution in [3.8, 4) is 0 Å². The molecule has 0 aliphatic carbocycles. The number of fused-ring (bicyclic) bond motifs is 1. The van der Waals surface area contributed by atoms with E-state index in [1.54, 1.807) is 6.92 Å². The van der Waals surface area contributed by atoms with Gasteiger partial charge in [0.25, 0.3) is 5.56 Å². The highest BCUT2D eigenvalue weighted by Crippen LogP contribution is 2.31. The van der Waals surface area contributed by atoms with Crippen molar-refractivity contribution in [1.29, 1.82) is 0 Å². The SMILES string of the molecule is Cc1nc2c(c(=O)[nH]1)CN(Cc1cc(F)cc(C(F)(F)F)c1)CC2. The molecule has 0 fully saturated rings. The fraction of sp³-hybridized carbons (Fsp3) is 0.375. The lowest BCUT2D eigenvalue weighted by atomic mass is 10.0. The van der Waals surface area contributed by atoms with E-state index in [-0.39, 0.29) is 24.2 Å². The Morgan fingerprint density at radius 2 is 2.04 bits per heavy atom. The number of benzene rings is 1. The molecule has 0 radical (unpaired) electrons. The van der Waals surface area contributed by atoms with Crippen molar-refractivity contribution in [2.24, 2.45) is 0 Å². The minimum Gasteiger partial charge on any atom is -0.310 e. The number of nitrogens with one attached hydrogen (secondary N) is 1. The van der Waals surface area contributed by atoms with Gasteiger partial charge in [0.15, 0.2) is 0 Å². The van der Waals surface area contributed by atoms with Crippen LogP contribution in [0.1, 0.15) is 28.2 Å². The van der Waals surface area contributed by atoms with Crippen LogP contribution in [0.2, 0.25) is 0 Å². The molecule has 128 valence electrons. The number of nitrogens with zero attached hydrogens (tertiary/aromatic N) is 2. The summed E-state index contributed by atoms with van der Waals surface area (Å²) in [5.41, 5.74) is 0.201. The van der Waals surface area contributed by atoms with Gasteiger partial charge in [0.05, 0.1) is 16.8 Å². The molecule has 2 aromatic rings. The summed E-state index contributed by atoms with van der Waals surface area (Å²) in [5.74, 6) is -0.389. The standard InChI is InChI=1S/C16H15F4N3O/c1-9-21-14-2-3-23(8-13(14)15(24)22-9)7-10-4-11(16(18,19)20)6-12(17)5-10/h4-6H,2-3,7-8H2,1H3,(H,21,22,24). The quantitative estimate of drug-likeness (QED) is 0.855. The first-order valence-electron chi connectivity index (χ1n) is 7.40. The number of aromatic nitrogens is 2. The average molecular weight is 341 g/mol. The van der Waals surface area contributed by atoms with E-state index in [2.05, 4.69) is 9.97 Å². The van der Waals surface area contributed by atoms with Crippen molar-refractivity contribution in [3.63, 3.8) is 0 Å². The zero-order valence-electron chi connectivity index (χ0n) is 12.9. The summed E-state index contributed by atoms with van der Waals surface area (Å²) in [6.07, 6.45) is -4.06. The Hall–Kier alpha value is -2.22. The topological polar surface area (TPSA) is 49.0 Å². The molecule has 2 heterocycles. The average Bonchev–Trinajstić information content (AvgIpc) is 2.46. The summed E-state index contributed by atoms with van der Waals surface area (Å²) >= 11 is 0. The number of aryl methyl sites for hydroxylation is 1. The number of hydrogen-bond acceptors (Lipinski definition) is 3. The molecule has 0 saturated carbocycles. The summed E-state index contributed by atoms with van der Waals surface area (Å²) in [4.78, 5) is 20.7. The molecule has 1 aromatic heterocycles. The van der Waals surface area contributed by atoms with Gasteiger partial charge in [0, 0.05) is 26.1 Å². The zero-order chi connectivity index (χ0) is 17.5. The number of H-pyrrole nitrogens is 1. The highest BCUT2D eigenvalue weighted by atomic mass is 19.4. The number of rotatable bonds is 2. The third-order valence-corrected chi connectivity index (χ3v) is 3.96. The first kappa shape index (κ1) is 16.6. The number of hydrogen-bond donors (Lipinski definition) is 1. The third kappa shape index (κ3) is 3.48. The Kier molecular flexibility index (Phi) is 4.16. The van der Waals surface area contributed by atoms with Gasteiger partial charge in [0.2, 0.25) is 0 Å². The van der Waals surface area contributed by atoms with Crippen LogP contribution in [0.4, 0.5) is 17.6 Å². The second-order valence-corrected chi connectivity index (χ2v) is 5.88. The molecule has 1 aliphatic heterocycles. The largest absolute Gasteiger partial charge is 0.416 e. The van der Waals surface area contributed by atoms with Crippen molar-refractivity contribution in [2.75, 3.05) is 6.54 Å². The molecule has 3 rings (SSSR count). The van der Waals surface area contributed by atoms with E-state index in [4.69, 9.17) is 0 Å². The van der Waals surface area contributed by atoms with E-state index in [1.165, 1.54) is 0 Å². The molecular weight excluding hydrogens is 326 g/mol. The molecule has 1 aromatic carbocycles. The summed E-state index contributed by atoms with van der Waals surface area (Å²) in [5, 5.41) is 0. The minimum atomic E-state index is -4.59. The van der Waals surface area contributed by atoms with Crippen LogP contribution in [0.15, 0.2) is 23.0 Å². The van der Waals surface area contributed by atoms with Crippen LogP contribution in [-0.2, 0) is 25.7 Å². The first-order valence-corrected chi connectivity index (χ1v) is 7.40. The van der Waals surface area contributed by atoms with Crippen molar-refractivity contribution < 1.29 is 17.6 Å². The lowest BCUT2D eigenvalue weighted by Crippen LogP contribution is -2.35. The van der Waals surface area contributed by atoms with Gasteiger partial charge in [-0.3, -0.25) is 9.69 Å². The maximum absolute atomic E-state index is 13.5. The maximum atomic E-state index is 13.5. The number of halogens is 4. The molecule has 24 heavy (non-hydrogen) atoms. The van der Waals surface area contributed by atoms with Gasteiger partial charge < -0.3 is 4.98 Å². The summed E-state index contributed by atoms with van der Waals surface area (Å²) in [6.45, 7) is 2.64. The molecule has 1 aliphatic rings. The van der Waals surface area contributed by atoms with Crippen LogP contribution < -0.4 is 5.56 Å². The predicted molar refractivity (Wildman–Crippen MR) is 78.8 cm³/mol. The van der Waals surface area contributed by atoms with E-state index >= 15 is 0 Å². The van der Waals surface area contributed by atoms with Gasteiger partial charge in [-0.05, 0) is 30.7 Å². The molecule has 0 bridgehead atoms.